The number of hydrogen-bond acceptors (Lipinski definition) is 3. The maximum atomic E-state index is 6.22. The van der Waals surface area contributed by atoms with Crippen LogP contribution in [-0.4, -0.2) is 40.9 Å². The van der Waals surface area contributed by atoms with Gasteiger partial charge in [0.25, 0.3) is 0 Å². The summed E-state index contributed by atoms with van der Waals surface area (Å²) in [6.07, 6.45) is 3.11. The zero-order chi connectivity index (χ0) is 24.4. The first-order valence-electron chi connectivity index (χ1n) is 12.7. The summed E-state index contributed by atoms with van der Waals surface area (Å²) in [6, 6.07) is 34.4. The average molecular weight is 497 g/mol. The molecule has 0 aliphatic heterocycles. The van der Waals surface area contributed by atoms with Crippen molar-refractivity contribution in [3.63, 3.8) is 0 Å². The summed E-state index contributed by atoms with van der Waals surface area (Å²) >= 11 is 0. The Kier molecular flexibility index (Phi) is 9.64. The molecule has 184 valence electrons. The van der Waals surface area contributed by atoms with E-state index in [1.807, 2.05) is 20.8 Å². The van der Waals surface area contributed by atoms with Gasteiger partial charge >= 0.3 is 208 Å². The molecular weight excluding hydrogens is 455 g/mol. The van der Waals surface area contributed by atoms with Crippen LogP contribution < -0.4 is 15.9 Å². The van der Waals surface area contributed by atoms with Gasteiger partial charge in [-0.1, -0.05) is 0 Å². The SMILES string of the molecule is CCO[Si](CCCP(CC)(c1ccccc1)(c1ccccc1)c1ccccc1)(OCC)OCC. The molecular formula is C29H41O3PSi. The minimum absolute atomic E-state index is 0.611. The Balaban J connectivity index is 2.18. The van der Waals surface area contributed by atoms with Crippen molar-refractivity contribution in [1.82, 2.24) is 0 Å². The fraction of sp³-hybridized carbons (Fsp3) is 0.379. The first kappa shape index (κ1) is 26.8. The molecule has 34 heavy (non-hydrogen) atoms. The van der Waals surface area contributed by atoms with Crippen molar-refractivity contribution >= 4 is 31.3 Å². The second kappa shape index (κ2) is 12.2. The van der Waals surface area contributed by atoms with Crippen LogP contribution in [0.25, 0.3) is 0 Å². The Morgan fingerprint density at radius 2 is 0.912 bits per heavy atom. The Labute approximate surface area is 207 Å². The first-order chi connectivity index (χ1) is 16.6. The van der Waals surface area contributed by atoms with E-state index < -0.39 is 15.4 Å². The molecule has 0 aliphatic rings. The fourth-order valence-electron chi connectivity index (χ4n) is 5.55. The van der Waals surface area contributed by atoms with Crippen molar-refractivity contribution in [3.8, 4) is 0 Å². The summed E-state index contributed by atoms with van der Waals surface area (Å²) in [5, 5.41) is 4.35. The molecule has 3 aromatic carbocycles. The zero-order valence-corrected chi connectivity index (χ0v) is 23.2. The average Bonchev–Trinajstić information content (AvgIpc) is 2.89. The Morgan fingerprint density at radius 1 is 0.559 bits per heavy atom. The molecule has 0 saturated heterocycles. The third-order valence-corrected chi connectivity index (χ3v) is 17.5. The summed E-state index contributed by atoms with van der Waals surface area (Å²) in [5.74, 6) is 0. The van der Waals surface area contributed by atoms with Gasteiger partial charge in [0, 0.05) is 0 Å². The predicted octanol–water partition coefficient (Wildman–Crippen LogP) is 5.97. The summed E-state index contributed by atoms with van der Waals surface area (Å²) in [5.41, 5.74) is 0. The normalized spacial score (nSPS) is 13.4. The molecule has 0 aromatic heterocycles. The number of rotatable bonds is 14. The molecule has 0 fully saturated rings. The zero-order valence-electron chi connectivity index (χ0n) is 21.3. The molecule has 5 heteroatoms. The quantitative estimate of drug-likeness (QED) is 0.203. The van der Waals surface area contributed by atoms with Gasteiger partial charge in [0.05, 0.1) is 0 Å². The van der Waals surface area contributed by atoms with E-state index in [-0.39, 0.29) is 0 Å². The number of benzene rings is 3. The van der Waals surface area contributed by atoms with E-state index >= 15 is 0 Å². The van der Waals surface area contributed by atoms with Crippen LogP contribution in [0.4, 0.5) is 0 Å². The van der Waals surface area contributed by atoms with Crippen LogP contribution in [0.1, 0.15) is 34.1 Å². The van der Waals surface area contributed by atoms with Crippen LogP contribution in [0.2, 0.25) is 6.04 Å². The Hall–Kier alpha value is -1.81. The van der Waals surface area contributed by atoms with Crippen LogP contribution >= 0.6 is 6.60 Å². The summed E-state index contributed by atoms with van der Waals surface area (Å²) in [7, 11) is -2.72. The molecule has 0 bridgehead atoms. The predicted molar refractivity (Wildman–Crippen MR) is 151 cm³/mol. The topological polar surface area (TPSA) is 27.7 Å². The van der Waals surface area contributed by atoms with Gasteiger partial charge in [0.1, 0.15) is 0 Å². The van der Waals surface area contributed by atoms with Crippen molar-refractivity contribution in [1.29, 1.82) is 0 Å². The van der Waals surface area contributed by atoms with E-state index in [1.165, 1.54) is 15.9 Å². The van der Waals surface area contributed by atoms with E-state index in [0.717, 1.165) is 24.8 Å². The van der Waals surface area contributed by atoms with E-state index in [9.17, 15) is 0 Å². The van der Waals surface area contributed by atoms with Crippen LogP contribution in [0.15, 0.2) is 91.0 Å². The van der Waals surface area contributed by atoms with Gasteiger partial charge in [0.15, 0.2) is 0 Å². The summed E-state index contributed by atoms with van der Waals surface area (Å²) < 4.78 is 18.7. The van der Waals surface area contributed by atoms with Crippen LogP contribution in [0, 0.1) is 0 Å². The number of hydrogen-bond donors (Lipinski definition) is 0. The van der Waals surface area contributed by atoms with Crippen molar-refractivity contribution in [3.05, 3.63) is 91.0 Å². The molecule has 3 aromatic rings. The fourth-order valence-corrected chi connectivity index (χ4v) is 15.1. The molecule has 0 N–H and O–H groups in total. The van der Waals surface area contributed by atoms with Gasteiger partial charge in [-0.05, 0) is 0 Å². The second-order valence-electron chi connectivity index (χ2n) is 8.64. The standard InChI is InChI=1S/C29H41O3PSi/c1-5-30-34(31-6-2,32-7-3)26-18-25-33(8-4,27-19-12-9-13-20-27,28-21-14-10-15-22-28)29-23-16-11-17-24-29/h9-17,19-24H,5-8,18,25-26H2,1-4H3. The van der Waals surface area contributed by atoms with Crippen LogP contribution in [0.5, 0.6) is 0 Å². The summed E-state index contributed by atoms with van der Waals surface area (Å²) in [4.78, 5) is 0. The van der Waals surface area contributed by atoms with Crippen molar-refractivity contribution in [2.45, 2.75) is 40.2 Å². The minimum atomic E-state index is -2.78. The van der Waals surface area contributed by atoms with Crippen molar-refractivity contribution in [2.75, 3.05) is 32.1 Å². The van der Waals surface area contributed by atoms with E-state index in [0.29, 0.717) is 19.8 Å². The van der Waals surface area contributed by atoms with Crippen molar-refractivity contribution in [2.24, 2.45) is 0 Å². The van der Waals surface area contributed by atoms with E-state index in [4.69, 9.17) is 13.3 Å². The molecule has 0 saturated carbocycles. The third kappa shape index (κ3) is 5.07. The van der Waals surface area contributed by atoms with Gasteiger partial charge in [-0.15, -0.1) is 0 Å². The van der Waals surface area contributed by atoms with Crippen molar-refractivity contribution < 1.29 is 13.3 Å². The molecule has 3 nitrogen and oxygen atoms in total. The van der Waals surface area contributed by atoms with E-state index in [2.05, 4.69) is 97.9 Å². The van der Waals surface area contributed by atoms with Crippen LogP contribution in [0.3, 0.4) is 0 Å². The molecule has 0 atom stereocenters. The van der Waals surface area contributed by atoms with Gasteiger partial charge in [-0.3, -0.25) is 0 Å². The monoisotopic (exact) mass is 496 g/mol. The van der Waals surface area contributed by atoms with Gasteiger partial charge in [-0.25, -0.2) is 0 Å². The Bertz CT molecular complexity index is 866. The van der Waals surface area contributed by atoms with Gasteiger partial charge in [0.2, 0.25) is 0 Å². The molecule has 0 aliphatic carbocycles. The molecule has 0 unspecified atom stereocenters. The summed E-state index contributed by atoms with van der Waals surface area (Å²) in [6.45, 7) is 7.53. The third-order valence-electron chi connectivity index (χ3n) is 7.06. The molecule has 0 amide bonds. The molecule has 3 rings (SSSR count). The Morgan fingerprint density at radius 3 is 1.21 bits per heavy atom. The second-order valence-corrected chi connectivity index (χ2v) is 17.0. The molecule has 0 spiro atoms. The maximum absolute atomic E-state index is 6.22. The van der Waals surface area contributed by atoms with Gasteiger partial charge < -0.3 is 0 Å². The molecule has 0 heterocycles. The van der Waals surface area contributed by atoms with E-state index in [1.54, 1.807) is 0 Å². The van der Waals surface area contributed by atoms with Crippen LogP contribution in [-0.2, 0) is 13.3 Å². The first-order valence-corrected chi connectivity index (χ1v) is 17.2. The molecule has 0 radical (unpaired) electrons. The van der Waals surface area contributed by atoms with Gasteiger partial charge in [-0.2, -0.15) is 0 Å².